The second-order valence-electron chi connectivity index (χ2n) is 10.2. The molecule has 3 aliphatic heterocycles. The number of rotatable bonds is 8. The molecule has 2 saturated heterocycles. The molecule has 7 heteroatoms. The number of piperidine rings is 1. The molecule has 0 bridgehead atoms. The first-order chi connectivity index (χ1) is 17.6. The Morgan fingerprint density at radius 3 is 2.64 bits per heavy atom. The Morgan fingerprint density at radius 2 is 1.94 bits per heavy atom. The van der Waals surface area contributed by atoms with Crippen LogP contribution in [-0.4, -0.2) is 66.0 Å². The Balaban J connectivity index is 1.26. The van der Waals surface area contributed by atoms with Gasteiger partial charge in [-0.2, -0.15) is 0 Å². The largest absolute Gasteiger partial charge is 0.487 e. The maximum Gasteiger partial charge on any atom is 0.246 e. The quantitative estimate of drug-likeness (QED) is 0.531. The zero-order valence-electron chi connectivity index (χ0n) is 21.7. The summed E-state index contributed by atoms with van der Waals surface area (Å²) in [5.41, 5.74) is 4.73. The van der Waals surface area contributed by atoms with Crippen molar-refractivity contribution in [3.05, 3.63) is 54.2 Å². The summed E-state index contributed by atoms with van der Waals surface area (Å²) in [7, 11) is 0. The Kier molecular flexibility index (Phi) is 7.46. The van der Waals surface area contributed by atoms with Gasteiger partial charge in [0, 0.05) is 44.1 Å². The fourth-order valence-electron chi connectivity index (χ4n) is 5.82. The van der Waals surface area contributed by atoms with Gasteiger partial charge in [-0.05, 0) is 74.5 Å². The molecule has 0 radical (unpaired) electrons. The first-order valence-corrected chi connectivity index (χ1v) is 13.5. The molecule has 3 aliphatic rings. The molecule has 0 spiro atoms. The van der Waals surface area contributed by atoms with Crippen LogP contribution < -0.4 is 15.0 Å². The lowest BCUT2D eigenvalue weighted by Gasteiger charge is -2.47. The van der Waals surface area contributed by atoms with E-state index >= 15 is 0 Å². The van der Waals surface area contributed by atoms with Crippen LogP contribution in [-0.2, 0) is 11.4 Å². The second kappa shape index (κ2) is 10.9. The van der Waals surface area contributed by atoms with Crippen molar-refractivity contribution in [1.29, 1.82) is 0 Å². The highest BCUT2D eigenvalue weighted by Crippen LogP contribution is 2.40. The van der Waals surface area contributed by atoms with Crippen LogP contribution in [0.5, 0.6) is 5.75 Å². The molecule has 36 heavy (non-hydrogen) atoms. The third-order valence-electron chi connectivity index (χ3n) is 7.85. The van der Waals surface area contributed by atoms with Crippen molar-refractivity contribution in [1.82, 2.24) is 14.8 Å². The van der Waals surface area contributed by atoms with E-state index in [2.05, 4.69) is 59.8 Å². The van der Waals surface area contributed by atoms with E-state index in [0.717, 1.165) is 87.8 Å². The van der Waals surface area contributed by atoms with Crippen LogP contribution in [0.15, 0.2) is 43.1 Å². The van der Waals surface area contributed by atoms with Gasteiger partial charge < -0.3 is 19.9 Å². The fourth-order valence-corrected chi connectivity index (χ4v) is 5.82. The molecule has 1 amide bonds. The number of likely N-dealkylation sites (tertiary alicyclic amines) is 2. The first-order valence-electron chi connectivity index (χ1n) is 13.5. The lowest BCUT2D eigenvalue weighted by molar-refractivity contribution is -0.133. The molecule has 0 aliphatic carbocycles. The van der Waals surface area contributed by atoms with Gasteiger partial charge in [0.15, 0.2) is 0 Å². The summed E-state index contributed by atoms with van der Waals surface area (Å²) in [6.45, 7) is 14.4. The Hall–Kier alpha value is -3.06. The SMILES string of the molecule is C=CC(=O)N1CC(N2CCC(c3ccc4c(c3)Nc3nccc(N(CCC)CCC)c3CO4)CC2)C1. The third-order valence-corrected chi connectivity index (χ3v) is 7.85. The summed E-state index contributed by atoms with van der Waals surface area (Å²) >= 11 is 0. The van der Waals surface area contributed by atoms with Gasteiger partial charge in [0.2, 0.25) is 5.91 Å². The number of nitrogens with one attached hydrogen (secondary N) is 1. The number of carbonyl (C=O) groups excluding carboxylic acids is 1. The number of carbonyl (C=O) groups is 1. The van der Waals surface area contributed by atoms with Crippen molar-refractivity contribution in [2.45, 2.75) is 58.1 Å². The summed E-state index contributed by atoms with van der Waals surface area (Å²) in [5, 5.41) is 3.61. The number of aromatic nitrogens is 1. The molecule has 0 saturated carbocycles. The van der Waals surface area contributed by atoms with Crippen molar-refractivity contribution >= 4 is 23.1 Å². The Labute approximate surface area is 215 Å². The molecule has 5 rings (SSSR count). The van der Waals surface area contributed by atoms with E-state index in [9.17, 15) is 4.79 Å². The van der Waals surface area contributed by atoms with Gasteiger partial charge in [-0.1, -0.05) is 26.5 Å². The molecular formula is C29H39N5O2. The van der Waals surface area contributed by atoms with Gasteiger partial charge in [0.25, 0.3) is 0 Å². The zero-order valence-corrected chi connectivity index (χ0v) is 21.7. The van der Waals surface area contributed by atoms with Gasteiger partial charge in [-0.15, -0.1) is 0 Å². The van der Waals surface area contributed by atoms with E-state index in [-0.39, 0.29) is 5.91 Å². The number of ether oxygens (including phenoxy) is 1. The minimum absolute atomic E-state index is 0.0486. The van der Waals surface area contributed by atoms with Crippen LogP contribution in [0, 0.1) is 0 Å². The molecule has 2 aromatic rings. The predicted octanol–water partition coefficient (Wildman–Crippen LogP) is 4.92. The third kappa shape index (κ3) is 4.94. The minimum atomic E-state index is 0.0486. The average molecular weight is 490 g/mol. The van der Waals surface area contributed by atoms with Crippen LogP contribution in [0.2, 0.25) is 0 Å². The van der Waals surface area contributed by atoms with Crippen molar-refractivity contribution in [2.75, 3.05) is 49.5 Å². The summed E-state index contributed by atoms with van der Waals surface area (Å²) in [5.74, 6) is 2.37. The molecule has 4 heterocycles. The van der Waals surface area contributed by atoms with Crippen LogP contribution in [0.25, 0.3) is 0 Å². The van der Waals surface area contributed by atoms with Gasteiger partial charge in [-0.25, -0.2) is 4.98 Å². The normalized spacial score (nSPS) is 18.2. The molecule has 192 valence electrons. The summed E-state index contributed by atoms with van der Waals surface area (Å²) < 4.78 is 6.30. The van der Waals surface area contributed by atoms with E-state index in [1.807, 2.05) is 11.1 Å². The van der Waals surface area contributed by atoms with Gasteiger partial charge >= 0.3 is 0 Å². The van der Waals surface area contributed by atoms with Crippen LogP contribution in [0.3, 0.4) is 0 Å². The minimum Gasteiger partial charge on any atom is -0.487 e. The van der Waals surface area contributed by atoms with Crippen molar-refractivity contribution in [3.63, 3.8) is 0 Å². The monoisotopic (exact) mass is 489 g/mol. The Bertz CT molecular complexity index is 1080. The van der Waals surface area contributed by atoms with E-state index in [0.29, 0.717) is 18.6 Å². The van der Waals surface area contributed by atoms with Crippen LogP contribution in [0.1, 0.15) is 56.6 Å². The number of hydrogen-bond donors (Lipinski definition) is 1. The standard InChI is InChI=1S/C29H39N5O2/c1-4-13-33(14-5-2)26-9-12-30-29-24(26)20-36-27-8-7-22(17-25(27)31-29)21-10-15-32(16-11-21)23-18-34(19-23)28(35)6-3/h6-9,12,17,21,23H,3-5,10-11,13-16,18-20H2,1-2H3,(H,30,31). The number of benzene rings is 1. The van der Waals surface area contributed by atoms with Crippen LogP contribution >= 0.6 is 0 Å². The number of nitrogens with zero attached hydrogens (tertiary/aromatic N) is 4. The molecule has 2 fully saturated rings. The molecule has 0 atom stereocenters. The number of pyridine rings is 1. The fraction of sp³-hybridized carbons (Fsp3) is 0.517. The first kappa shape index (κ1) is 24.6. The Morgan fingerprint density at radius 1 is 1.19 bits per heavy atom. The van der Waals surface area contributed by atoms with E-state index in [1.54, 1.807) is 0 Å². The second-order valence-corrected chi connectivity index (χ2v) is 10.2. The van der Waals surface area contributed by atoms with Gasteiger partial charge in [0.1, 0.15) is 18.2 Å². The average Bonchev–Trinajstić information content (AvgIpc) is 3.06. The topological polar surface area (TPSA) is 60.9 Å². The molecule has 7 nitrogen and oxygen atoms in total. The smallest absolute Gasteiger partial charge is 0.246 e. The molecular weight excluding hydrogens is 450 g/mol. The summed E-state index contributed by atoms with van der Waals surface area (Å²) in [4.78, 5) is 23.3. The lowest BCUT2D eigenvalue weighted by Crippen LogP contribution is -2.61. The lowest BCUT2D eigenvalue weighted by atomic mass is 9.88. The summed E-state index contributed by atoms with van der Waals surface area (Å²) in [6.07, 6.45) is 7.81. The summed E-state index contributed by atoms with van der Waals surface area (Å²) in [6, 6.07) is 9.24. The maximum atomic E-state index is 11.8. The van der Waals surface area contributed by atoms with Crippen molar-refractivity contribution < 1.29 is 9.53 Å². The van der Waals surface area contributed by atoms with Gasteiger partial charge in [-0.3, -0.25) is 9.69 Å². The predicted molar refractivity (Wildman–Crippen MR) is 145 cm³/mol. The van der Waals surface area contributed by atoms with Crippen molar-refractivity contribution in [3.8, 4) is 5.75 Å². The van der Waals surface area contributed by atoms with Gasteiger partial charge in [0.05, 0.1) is 11.3 Å². The zero-order chi connectivity index (χ0) is 25.1. The maximum absolute atomic E-state index is 11.8. The number of fused-ring (bicyclic) bond motifs is 2. The molecule has 1 aromatic carbocycles. The van der Waals surface area contributed by atoms with E-state index < -0.39 is 0 Å². The van der Waals surface area contributed by atoms with Crippen LogP contribution in [0.4, 0.5) is 17.2 Å². The van der Waals surface area contributed by atoms with E-state index in [1.165, 1.54) is 17.3 Å². The number of hydrogen-bond acceptors (Lipinski definition) is 6. The molecule has 0 unspecified atom stereocenters. The number of anilines is 3. The van der Waals surface area contributed by atoms with E-state index in [4.69, 9.17) is 9.72 Å². The molecule has 1 aromatic heterocycles. The highest BCUT2D eigenvalue weighted by atomic mass is 16.5. The number of amides is 1. The van der Waals surface area contributed by atoms with Crippen molar-refractivity contribution in [2.24, 2.45) is 0 Å². The highest BCUT2D eigenvalue weighted by Gasteiger charge is 2.35. The molecule has 1 N–H and O–H groups in total. The highest BCUT2D eigenvalue weighted by molar-refractivity contribution is 5.87.